The Hall–Kier alpha value is -3.07. The summed E-state index contributed by atoms with van der Waals surface area (Å²) in [6.07, 6.45) is 0. The Labute approximate surface area is 164 Å². The maximum absolute atomic E-state index is 12.3. The lowest BCUT2D eigenvalue weighted by Gasteiger charge is -2.18. The van der Waals surface area contributed by atoms with Gasteiger partial charge >= 0.3 is 5.97 Å². The van der Waals surface area contributed by atoms with Crippen molar-refractivity contribution in [1.29, 1.82) is 0 Å². The van der Waals surface area contributed by atoms with Gasteiger partial charge in [-0.1, -0.05) is 0 Å². The number of thioether (sulfide) groups is 1. The number of ether oxygens (including phenoxy) is 3. The molecule has 0 bridgehead atoms. The molecule has 0 fully saturated rings. The van der Waals surface area contributed by atoms with E-state index >= 15 is 0 Å². The summed E-state index contributed by atoms with van der Waals surface area (Å²) in [5, 5.41) is 10.1. The lowest BCUT2D eigenvalue weighted by Crippen LogP contribution is -2.21. The van der Waals surface area contributed by atoms with E-state index in [1.54, 1.807) is 37.3 Å². The van der Waals surface area contributed by atoms with Crippen LogP contribution in [0.3, 0.4) is 0 Å². The molecule has 1 aliphatic rings. The third kappa shape index (κ3) is 4.80. The van der Waals surface area contributed by atoms with E-state index in [2.05, 4.69) is 0 Å². The molecule has 0 aromatic heterocycles. The second-order valence-electron chi connectivity index (χ2n) is 5.90. The van der Waals surface area contributed by atoms with Gasteiger partial charge < -0.3 is 14.2 Å². The van der Waals surface area contributed by atoms with Crippen LogP contribution >= 0.6 is 11.8 Å². The van der Waals surface area contributed by atoms with Gasteiger partial charge in [-0.3, -0.25) is 19.7 Å². The lowest BCUT2D eigenvalue weighted by molar-refractivity contribution is -0.384. The Kier molecular flexibility index (Phi) is 6.15. The highest BCUT2D eigenvalue weighted by atomic mass is 32.2. The molecule has 2 aromatic carbocycles. The highest BCUT2D eigenvalue weighted by Gasteiger charge is 2.20. The molecule has 1 aliphatic heterocycles. The van der Waals surface area contributed by atoms with Crippen LogP contribution in [0.2, 0.25) is 0 Å². The second kappa shape index (κ2) is 8.75. The van der Waals surface area contributed by atoms with Crippen molar-refractivity contribution in [2.24, 2.45) is 0 Å². The predicted molar refractivity (Wildman–Crippen MR) is 101 cm³/mol. The molecule has 8 nitrogen and oxygen atoms in total. The predicted octanol–water partition coefficient (Wildman–Crippen LogP) is 3.27. The van der Waals surface area contributed by atoms with Gasteiger partial charge in [0.1, 0.15) is 18.5 Å². The molecule has 0 radical (unpaired) electrons. The van der Waals surface area contributed by atoms with Gasteiger partial charge in [0, 0.05) is 22.6 Å². The van der Waals surface area contributed by atoms with E-state index in [-0.39, 0.29) is 18.1 Å². The van der Waals surface area contributed by atoms with Gasteiger partial charge in [-0.2, -0.15) is 0 Å². The molecule has 1 heterocycles. The number of carbonyl (C=O) groups is 2. The molecule has 3 rings (SSSR count). The number of carbonyl (C=O) groups excluding carboxylic acids is 2. The lowest BCUT2D eigenvalue weighted by atomic mass is 10.1. The molecule has 0 saturated carbocycles. The number of hydrogen-bond donors (Lipinski definition) is 0. The van der Waals surface area contributed by atoms with Crippen molar-refractivity contribution < 1.29 is 28.7 Å². The van der Waals surface area contributed by atoms with Crippen LogP contribution in [0.5, 0.6) is 11.5 Å². The van der Waals surface area contributed by atoms with Gasteiger partial charge in [-0.15, -0.1) is 11.8 Å². The molecular formula is C19H17NO7S. The normalized spacial score (nSPS) is 13.5. The van der Waals surface area contributed by atoms with Gasteiger partial charge in [0.05, 0.1) is 4.92 Å². The SMILES string of the molecule is C[C@H](Sc1ccc([N+](=O)[O-])cc1)C(=O)OCC(=O)c1ccc2c(c1)OCCO2. The molecule has 1 atom stereocenters. The van der Waals surface area contributed by atoms with E-state index in [9.17, 15) is 19.7 Å². The molecule has 0 N–H and O–H groups in total. The van der Waals surface area contributed by atoms with Crippen molar-refractivity contribution in [3.8, 4) is 11.5 Å². The minimum atomic E-state index is -0.575. The molecule has 0 unspecified atom stereocenters. The Morgan fingerprint density at radius 1 is 1.14 bits per heavy atom. The summed E-state index contributed by atoms with van der Waals surface area (Å²) in [6, 6.07) is 10.7. The average molecular weight is 403 g/mol. The van der Waals surface area contributed by atoms with E-state index in [1.165, 1.54) is 23.9 Å². The third-order valence-corrected chi connectivity index (χ3v) is 4.99. The molecule has 0 amide bonds. The van der Waals surface area contributed by atoms with Gasteiger partial charge in [0.25, 0.3) is 5.69 Å². The van der Waals surface area contributed by atoms with Crippen molar-refractivity contribution in [3.05, 3.63) is 58.1 Å². The minimum Gasteiger partial charge on any atom is -0.486 e. The molecular weight excluding hydrogens is 386 g/mol. The minimum absolute atomic E-state index is 0.0235. The van der Waals surface area contributed by atoms with Crippen LogP contribution in [0.15, 0.2) is 47.4 Å². The molecule has 146 valence electrons. The fourth-order valence-electron chi connectivity index (χ4n) is 2.45. The van der Waals surface area contributed by atoms with E-state index < -0.39 is 16.1 Å². The summed E-state index contributed by atoms with van der Waals surface area (Å²) in [4.78, 5) is 35.3. The largest absolute Gasteiger partial charge is 0.486 e. The van der Waals surface area contributed by atoms with Crippen molar-refractivity contribution >= 4 is 29.2 Å². The highest BCUT2D eigenvalue weighted by Crippen LogP contribution is 2.31. The third-order valence-electron chi connectivity index (χ3n) is 3.90. The molecule has 0 saturated heterocycles. The average Bonchev–Trinajstić information content (AvgIpc) is 2.71. The second-order valence-corrected chi connectivity index (χ2v) is 7.31. The number of rotatable bonds is 7. The van der Waals surface area contributed by atoms with Crippen LogP contribution in [-0.4, -0.2) is 41.7 Å². The number of hydrogen-bond acceptors (Lipinski definition) is 8. The quantitative estimate of drug-likeness (QED) is 0.228. The van der Waals surface area contributed by atoms with Gasteiger partial charge in [-0.05, 0) is 37.3 Å². The van der Waals surface area contributed by atoms with Gasteiger partial charge in [-0.25, -0.2) is 0 Å². The van der Waals surface area contributed by atoms with Crippen LogP contribution in [0.4, 0.5) is 5.69 Å². The number of nitrogens with zero attached hydrogens (tertiary/aromatic N) is 1. The zero-order valence-electron chi connectivity index (χ0n) is 15.0. The maximum Gasteiger partial charge on any atom is 0.319 e. The number of fused-ring (bicyclic) bond motifs is 1. The number of esters is 1. The van der Waals surface area contributed by atoms with Crippen LogP contribution in [-0.2, 0) is 9.53 Å². The standard InChI is InChI=1S/C19H17NO7S/c1-12(28-15-5-3-14(4-6-15)20(23)24)19(22)27-11-16(21)13-2-7-17-18(10-13)26-9-8-25-17/h2-7,10,12H,8-9,11H2,1H3/t12-/m0/s1. The van der Waals surface area contributed by atoms with E-state index in [0.29, 0.717) is 35.2 Å². The molecule has 9 heteroatoms. The first-order chi connectivity index (χ1) is 13.4. The number of nitro groups is 1. The summed E-state index contributed by atoms with van der Waals surface area (Å²) in [5.41, 5.74) is 0.345. The smallest absolute Gasteiger partial charge is 0.319 e. The summed E-state index contributed by atoms with van der Waals surface area (Å²) < 4.78 is 15.9. The zero-order valence-corrected chi connectivity index (χ0v) is 15.8. The van der Waals surface area contributed by atoms with Gasteiger partial charge in [0.2, 0.25) is 0 Å². The fraction of sp³-hybridized carbons (Fsp3) is 0.263. The maximum atomic E-state index is 12.3. The molecule has 0 spiro atoms. The van der Waals surface area contributed by atoms with Crippen molar-refractivity contribution in [2.75, 3.05) is 19.8 Å². The summed E-state index contributed by atoms with van der Waals surface area (Å²) in [6.45, 7) is 2.13. The fourth-order valence-corrected chi connectivity index (χ4v) is 3.32. The Bertz CT molecular complexity index is 898. The first kappa shape index (κ1) is 19.7. The first-order valence-corrected chi connectivity index (χ1v) is 9.32. The van der Waals surface area contributed by atoms with E-state index in [4.69, 9.17) is 14.2 Å². The molecule has 0 aliphatic carbocycles. The summed E-state index contributed by atoms with van der Waals surface area (Å²) in [7, 11) is 0. The van der Waals surface area contributed by atoms with Crippen LogP contribution in [0.1, 0.15) is 17.3 Å². The Morgan fingerprint density at radius 3 is 2.50 bits per heavy atom. The topological polar surface area (TPSA) is 105 Å². The number of non-ortho nitro benzene ring substituents is 1. The summed E-state index contributed by atoms with van der Waals surface area (Å²) >= 11 is 1.19. The number of benzene rings is 2. The van der Waals surface area contributed by atoms with Crippen LogP contribution in [0.25, 0.3) is 0 Å². The molecule has 28 heavy (non-hydrogen) atoms. The first-order valence-electron chi connectivity index (χ1n) is 8.44. The molecule has 2 aromatic rings. The van der Waals surface area contributed by atoms with Crippen molar-refractivity contribution in [3.63, 3.8) is 0 Å². The monoisotopic (exact) mass is 403 g/mol. The number of nitro benzene ring substituents is 1. The van der Waals surface area contributed by atoms with Gasteiger partial charge in [0.15, 0.2) is 23.9 Å². The van der Waals surface area contributed by atoms with Crippen molar-refractivity contribution in [1.82, 2.24) is 0 Å². The number of ketones is 1. The number of Topliss-reactive ketones (excluding diaryl/α,β-unsaturated/α-hetero) is 1. The Morgan fingerprint density at radius 2 is 1.82 bits per heavy atom. The summed E-state index contributed by atoms with van der Waals surface area (Å²) in [5.74, 6) is 0.172. The highest BCUT2D eigenvalue weighted by molar-refractivity contribution is 8.00. The Balaban J connectivity index is 1.52. The zero-order chi connectivity index (χ0) is 20.1. The van der Waals surface area contributed by atoms with E-state index in [0.717, 1.165) is 0 Å². The van der Waals surface area contributed by atoms with Crippen LogP contribution < -0.4 is 9.47 Å². The van der Waals surface area contributed by atoms with Crippen LogP contribution in [0, 0.1) is 10.1 Å². The van der Waals surface area contributed by atoms with Crippen molar-refractivity contribution in [2.45, 2.75) is 17.1 Å². The van der Waals surface area contributed by atoms with E-state index in [1.807, 2.05) is 0 Å².